The maximum absolute atomic E-state index is 11.8. The number of aromatic nitrogens is 2. The lowest BCUT2D eigenvalue weighted by Crippen LogP contribution is -2.25. The minimum atomic E-state index is -0.111. The van der Waals surface area contributed by atoms with Crippen molar-refractivity contribution in [1.29, 1.82) is 0 Å². The highest BCUT2D eigenvalue weighted by Gasteiger charge is 2.24. The first-order valence-corrected chi connectivity index (χ1v) is 5.95. The van der Waals surface area contributed by atoms with Crippen molar-refractivity contribution in [2.24, 2.45) is 0 Å². The number of nitrogen functional groups attached to an aromatic ring is 1. The molecule has 0 saturated heterocycles. The second-order valence-corrected chi connectivity index (χ2v) is 4.49. The van der Waals surface area contributed by atoms with E-state index in [9.17, 15) is 4.79 Å². The molecule has 1 aliphatic carbocycles. The molecule has 1 fully saturated rings. The second-order valence-electron chi connectivity index (χ2n) is 4.49. The van der Waals surface area contributed by atoms with Crippen molar-refractivity contribution in [3.8, 4) is 5.69 Å². The Hall–Kier alpha value is -2.30. The topological polar surface area (TPSA) is 72.9 Å². The molecule has 2 aromatic rings. The zero-order valence-electron chi connectivity index (χ0n) is 9.84. The van der Waals surface area contributed by atoms with Gasteiger partial charge in [-0.15, -0.1) is 0 Å². The number of benzene rings is 1. The molecule has 92 valence electrons. The van der Waals surface area contributed by atoms with Gasteiger partial charge < -0.3 is 11.1 Å². The number of nitrogens with zero attached hydrogens (tertiary/aromatic N) is 2. The Labute approximate surface area is 105 Å². The van der Waals surface area contributed by atoms with Crippen molar-refractivity contribution in [3.05, 3.63) is 42.2 Å². The summed E-state index contributed by atoms with van der Waals surface area (Å²) >= 11 is 0. The number of hydrogen-bond donors (Lipinski definition) is 2. The van der Waals surface area contributed by atoms with Gasteiger partial charge in [0, 0.05) is 17.9 Å². The molecule has 0 aliphatic heterocycles. The van der Waals surface area contributed by atoms with Gasteiger partial charge in [-0.05, 0) is 37.1 Å². The van der Waals surface area contributed by atoms with Gasteiger partial charge in [0.15, 0.2) is 5.69 Å². The summed E-state index contributed by atoms with van der Waals surface area (Å²) in [4.78, 5) is 11.8. The van der Waals surface area contributed by atoms with Gasteiger partial charge in [-0.25, -0.2) is 4.68 Å². The predicted octanol–water partition coefficient (Wildman–Crippen LogP) is 1.35. The molecular weight excluding hydrogens is 228 g/mol. The molecule has 1 aromatic carbocycles. The third-order valence-corrected chi connectivity index (χ3v) is 2.87. The van der Waals surface area contributed by atoms with E-state index in [0.29, 0.717) is 17.4 Å². The van der Waals surface area contributed by atoms with Crippen LogP contribution in [0.3, 0.4) is 0 Å². The van der Waals surface area contributed by atoms with Gasteiger partial charge in [0.2, 0.25) is 0 Å². The molecule has 5 nitrogen and oxygen atoms in total. The van der Waals surface area contributed by atoms with Crippen molar-refractivity contribution < 1.29 is 4.79 Å². The fourth-order valence-corrected chi connectivity index (χ4v) is 1.74. The number of rotatable bonds is 3. The monoisotopic (exact) mass is 242 g/mol. The summed E-state index contributed by atoms with van der Waals surface area (Å²) in [7, 11) is 0. The Morgan fingerprint density at radius 1 is 1.39 bits per heavy atom. The average Bonchev–Trinajstić information content (AvgIpc) is 3.03. The third kappa shape index (κ3) is 2.20. The van der Waals surface area contributed by atoms with E-state index >= 15 is 0 Å². The minimum absolute atomic E-state index is 0.111. The van der Waals surface area contributed by atoms with Gasteiger partial charge in [0.05, 0.1) is 5.69 Å². The molecule has 3 rings (SSSR count). The molecule has 0 spiro atoms. The Kier molecular flexibility index (Phi) is 2.51. The summed E-state index contributed by atoms with van der Waals surface area (Å²) in [6.07, 6.45) is 3.90. The zero-order valence-corrected chi connectivity index (χ0v) is 9.84. The average molecular weight is 242 g/mol. The molecule has 0 unspecified atom stereocenters. The maximum atomic E-state index is 11.8. The van der Waals surface area contributed by atoms with E-state index in [1.54, 1.807) is 16.9 Å². The molecule has 0 radical (unpaired) electrons. The van der Waals surface area contributed by atoms with Gasteiger partial charge in [-0.3, -0.25) is 4.79 Å². The molecule has 1 saturated carbocycles. The van der Waals surface area contributed by atoms with E-state index in [1.807, 2.05) is 24.3 Å². The highest BCUT2D eigenvalue weighted by molar-refractivity contribution is 5.92. The Balaban J connectivity index is 1.82. The largest absolute Gasteiger partial charge is 0.399 e. The number of amides is 1. The van der Waals surface area contributed by atoms with Crippen LogP contribution in [0.4, 0.5) is 5.69 Å². The van der Waals surface area contributed by atoms with Crippen LogP contribution in [0, 0.1) is 0 Å². The fourth-order valence-electron chi connectivity index (χ4n) is 1.74. The number of carbonyl (C=O) groups is 1. The van der Waals surface area contributed by atoms with Gasteiger partial charge in [0.25, 0.3) is 5.91 Å². The van der Waals surface area contributed by atoms with Crippen LogP contribution in [-0.2, 0) is 0 Å². The molecule has 1 aliphatic rings. The van der Waals surface area contributed by atoms with Crippen LogP contribution in [0.25, 0.3) is 5.69 Å². The molecule has 18 heavy (non-hydrogen) atoms. The van der Waals surface area contributed by atoms with Crippen LogP contribution in [0.1, 0.15) is 23.3 Å². The van der Waals surface area contributed by atoms with E-state index < -0.39 is 0 Å². The lowest BCUT2D eigenvalue weighted by molar-refractivity contribution is 0.0945. The van der Waals surface area contributed by atoms with E-state index in [4.69, 9.17) is 5.73 Å². The molecule has 1 aromatic heterocycles. The molecular formula is C13H14N4O. The molecule has 3 N–H and O–H groups in total. The first kappa shape index (κ1) is 10.8. The van der Waals surface area contributed by atoms with Crippen molar-refractivity contribution in [2.45, 2.75) is 18.9 Å². The highest BCUT2D eigenvalue weighted by Crippen LogP contribution is 2.19. The van der Waals surface area contributed by atoms with Gasteiger partial charge in [0.1, 0.15) is 0 Å². The number of carbonyl (C=O) groups excluding carboxylic acids is 1. The first-order valence-electron chi connectivity index (χ1n) is 5.95. The Morgan fingerprint density at radius 3 is 2.94 bits per heavy atom. The van der Waals surface area contributed by atoms with E-state index in [2.05, 4.69) is 10.4 Å². The smallest absolute Gasteiger partial charge is 0.272 e. The summed E-state index contributed by atoms with van der Waals surface area (Å²) < 4.78 is 1.65. The van der Waals surface area contributed by atoms with Crippen LogP contribution >= 0.6 is 0 Å². The number of nitrogens with two attached hydrogens (primary N) is 1. The van der Waals surface area contributed by atoms with Crippen LogP contribution < -0.4 is 11.1 Å². The Bertz CT molecular complexity index is 586. The van der Waals surface area contributed by atoms with Gasteiger partial charge in [-0.2, -0.15) is 5.10 Å². The van der Waals surface area contributed by atoms with E-state index in [-0.39, 0.29) is 5.91 Å². The maximum Gasteiger partial charge on any atom is 0.272 e. The molecule has 1 amide bonds. The predicted molar refractivity (Wildman–Crippen MR) is 68.5 cm³/mol. The lowest BCUT2D eigenvalue weighted by atomic mass is 10.3. The SMILES string of the molecule is Nc1cccc(-n2ccc(C(=O)NC3CC3)n2)c1. The number of anilines is 1. The van der Waals surface area contributed by atoms with Gasteiger partial charge >= 0.3 is 0 Å². The van der Waals surface area contributed by atoms with Gasteiger partial charge in [-0.1, -0.05) is 6.07 Å². The molecule has 0 atom stereocenters. The summed E-state index contributed by atoms with van der Waals surface area (Å²) in [5, 5.41) is 7.16. The summed E-state index contributed by atoms with van der Waals surface area (Å²) in [5.41, 5.74) is 7.67. The minimum Gasteiger partial charge on any atom is -0.399 e. The first-order chi connectivity index (χ1) is 8.72. The quantitative estimate of drug-likeness (QED) is 0.798. The number of nitrogens with one attached hydrogen (secondary N) is 1. The van der Waals surface area contributed by atoms with Crippen LogP contribution in [0.5, 0.6) is 0 Å². The van der Waals surface area contributed by atoms with Crippen molar-refractivity contribution in [3.63, 3.8) is 0 Å². The fraction of sp³-hybridized carbons (Fsp3) is 0.231. The summed E-state index contributed by atoms with van der Waals surface area (Å²) in [6, 6.07) is 9.43. The number of hydrogen-bond acceptors (Lipinski definition) is 3. The van der Waals surface area contributed by atoms with Crippen molar-refractivity contribution in [1.82, 2.24) is 15.1 Å². The summed E-state index contributed by atoms with van der Waals surface area (Å²) in [5.74, 6) is -0.111. The zero-order chi connectivity index (χ0) is 12.5. The third-order valence-electron chi connectivity index (χ3n) is 2.87. The van der Waals surface area contributed by atoms with E-state index in [1.165, 1.54) is 0 Å². The van der Waals surface area contributed by atoms with Crippen LogP contribution in [-0.4, -0.2) is 21.7 Å². The standard InChI is InChI=1S/C13H14N4O/c14-9-2-1-3-11(8-9)17-7-6-12(16-17)13(18)15-10-4-5-10/h1-3,6-8,10H,4-5,14H2,(H,15,18). The highest BCUT2D eigenvalue weighted by atomic mass is 16.2. The van der Waals surface area contributed by atoms with Crippen molar-refractivity contribution >= 4 is 11.6 Å². The molecule has 1 heterocycles. The molecule has 5 heteroatoms. The van der Waals surface area contributed by atoms with Crippen molar-refractivity contribution in [2.75, 3.05) is 5.73 Å². The Morgan fingerprint density at radius 2 is 2.22 bits per heavy atom. The normalized spacial score (nSPS) is 14.4. The lowest BCUT2D eigenvalue weighted by Gasteiger charge is -2.02. The molecule has 0 bridgehead atoms. The van der Waals surface area contributed by atoms with Crippen LogP contribution in [0.15, 0.2) is 36.5 Å². The summed E-state index contributed by atoms with van der Waals surface area (Å²) in [6.45, 7) is 0. The van der Waals surface area contributed by atoms with Crippen LogP contribution in [0.2, 0.25) is 0 Å². The van der Waals surface area contributed by atoms with E-state index in [0.717, 1.165) is 18.5 Å². The second kappa shape index (κ2) is 4.18.